The first-order chi connectivity index (χ1) is 14.2. The van der Waals surface area contributed by atoms with Crippen LogP contribution in [0.1, 0.15) is 12.5 Å². The number of thiazole rings is 1. The number of carbonyl (C=O) groups excluding carboxylic acids is 1. The van der Waals surface area contributed by atoms with Gasteiger partial charge >= 0.3 is 0 Å². The molecule has 1 heterocycles. The van der Waals surface area contributed by atoms with Crippen molar-refractivity contribution in [2.45, 2.75) is 13.0 Å². The fourth-order valence-electron chi connectivity index (χ4n) is 3.03. The monoisotopic (exact) mass is 404 g/mol. The maximum atomic E-state index is 12.4. The number of methoxy groups -OCH3 is 1. The fraction of sp³-hybridized carbons (Fsp3) is 0.136. The molecule has 1 amide bonds. The summed E-state index contributed by atoms with van der Waals surface area (Å²) in [5.41, 5.74) is 4.32. The number of aromatic nitrogens is 1. The summed E-state index contributed by atoms with van der Waals surface area (Å²) in [6, 6.07) is 19.2. The zero-order valence-electron chi connectivity index (χ0n) is 16.0. The molecule has 0 spiro atoms. The fourth-order valence-corrected chi connectivity index (χ4v) is 3.98. The van der Waals surface area contributed by atoms with Crippen LogP contribution in [0.2, 0.25) is 0 Å². The first-order valence-corrected chi connectivity index (χ1v) is 9.98. The highest BCUT2D eigenvalue weighted by Gasteiger charge is 2.14. The van der Waals surface area contributed by atoms with Gasteiger partial charge in [-0.05, 0) is 35.9 Å². The van der Waals surface area contributed by atoms with Crippen molar-refractivity contribution >= 4 is 49.6 Å². The van der Waals surface area contributed by atoms with E-state index >= 15 is 0 Å². The third-order valence-electron chi connectivity index (χ3n) is 4.55. The predicted molar refractivity (Wildman–Crippen MR) is 119 cm³/mol. The summed E-state index contributed by atoms with van der Waals surface area (Å²) in [4.78, 5) is 16.9. The summed E-state index contributed by atoms with van der Waals surface area (Å²) < 4.78 is 6.52. The highest BCUT2D eigenvalue weighted by atomic mass is 32.1. The molecule has 6 nitrogen and oxygen atoms in total. The summed E-state index contributed by atoms with van der Waals surface area (Å²) in [7, 11) is 1.62. The van der Waals surface area contributed by atoms with Crippen molar-refractivity contribution in [2.75, 3.05) is 12.4 Å². The quantitative estimate of drug-likeness (QED) is 0.369. The molecule has 3 aromatic carbocycles. The molecule has 0 aliphatic rings. The Bertz CT molecular complexity index is 1170. The lowest BCUT2D eigenvalue weighted by molar-refractivity contribution is -0.121. The van der Waals surface area contributed by atoms with Crippen molar-refractivity contribution in [2.24, 2.45) is 5.10 Å². The highest BCUT2D eigenvalue weighted by Crippen LogP contribution is 2.27. The van der Waals surface area contributed by atoms with E-state index in [-0.39, 0.29) is 5.91 Å². The Labute approximate surface area is 172 Å². The molecule has 29 heavy (non-hydrogen) atoms. The number of carbonyl (C=O) groups is 1. The number of benzene rings is 3. The van der Waals surface area contributed by atoms with E-state index in [1.807, 2.05) is 60.7 Å². The number of nitrogens with one attached hydrogen (secondary N) is 2. The number of para-hydroxylation sites is 1. The van der Waals surface area contributed by atoms with Gasteiger partial charge in [-0.3, -0.25) is 4.79 Å². The average Bonchev–Trinajstić information content (AvgIpc) is 3.15. The Morgan fingerprint density at radius 1 is 1.14 bits per heavy atom. The van der Waals surface area contributed by atoms with Gasteiger partial charge in [-0.2, -0.15) is 5.10 Å². The third kappa shape index (κ3) is 4.05. The normalized spacial score (nSPS) is 12.3. The van der Waals surface area contributed by atoms with Gasteiger partial charge < -0.3 is 10.1 Å². The van der Waals surface area contributed by atoms with E-state index in [0.29, 0.717) is 10.9 Å². The maximum Gasteiger partial charge on any atom is 0.262 e. The molecule has 0 saturated heterocycles. The zero-order chi connectivity index (χ0) is 20.2. The topological polar surface area (TPSA) is 75.6 Å². The first kappa shape index (κ1) is 18.9. The van der Waals surface area contributed by atoms with Crippen molar-refractivity contribution in [1.29, 1.82) is 0 Å². The highest BCUT2D eigenvalue weighted by molar-refractivity contribution is 7.22. The van der Waals surface area contributed by atoms with E-state index in [0.717, 1.165) is 26.6 Å². The van der Waals surface area contributed by atoms with Gasteiger partial charge in [-0.1, -0.05) is 53.8 Å². The minimum atomic E-state index is -0.484. The number of fused-ring (bicyclic) bond motifs is 2. The standard InChI is InChI=1S/C22H20N4O2S/c1-14(24-22-25-18-9-5-6-10-20(18)29-22)21(27)26-23-13-17-16-8-4-3-7-15(16)11-12-19(17)28-2/h3-14H,1-2H3,(H,24,25)(H,26,27)/b23-13-/t14-/m0/s1. The summed E-state index contributed by atoms with van der Waals surface area (Å²) in [6.07, 6.45) is 1.61. The number of ether oxygens (including phenoxy) is 1. The van der Waals surface area contributed by atoms with E-state index in [1.54, 1.807) is 20.2 Å². The number of anilines is 1. The van der Waals surface area contributed by atoms with Crippen LogP contribution in [0.5, 0.6) is 5.75 Å². The van der Waals surface area contributed by atoms with Gasteiger partial charge in [0.15, 0.2) is 5.13 Å². The van der Waals surface area contributed by atoms with Crippen LogP contribution in [-0.4, -0.2) is 30.3 Å². The van der Waals surface area contributed by atoms with E-state index in [1.165, 1.54) is 11.3 Å². The van der Waals surface area contributed by atoms with Crippen LogP contribution in [0.3, 0.4) is 0 Å². The minimum Gasteiger partial charge on any atom is -0.496 e. The van der Waals surface area contributed by atoms with E-state index in [4.69, 9.17) is 4.74 Å². The van der Waals surface area contributed by atoms with Crippen LogP contribution in [0, 0.1) is 0 Å². The van der Waals surface area contributed by atoms with Gasteiger partial charge in [0, 0.05) is 5.56 Å². The summed E-state index contributed by atoms with van der Waals surface area (Å²) in [5, 5.41) is 10.1. The van der Waals surface area contributed by atoms with Crippen molar-refractivity contribution in [3.63, 3.8) is 0 Å². The molecule has 7 heteroatoms. The van der Waals surface area contributed by atoms with Crippen molar-refractivity contribution in [3.05, 3.63) is 66.2 Å². The van der Waals surface area contributed by atoms with Crippen LogP contribution in [0.15, 0.2) is 65.8 Å². The Kier molecular flexibility index (Phi) is 5.39. The van der Waals surface area contributed by atoms with E-state index in [2.05, 4.69) is 20.8 Å². The number of rotatable bonds is 6. The number of hydrogen-bond donors (Lipinski definition) is 2. The summed E-state index contributed by atoms with van der Waals surface area (Å²) >= 11 is 1.51. The van der Waals surface area contributed by atoms with Crippen LogP contribution in [0.25, 0.3) is 21.0 Å². The molecule has 0 aliphatic heterocycles. The molecule has 146 valence electrons. The summed E-state index contributed by atoms with van der Waals surface area (Å²) in [6.45, 7) is 1.77. The van der Waals surface area contributed by atoms with Gasteiger partial charge in [0.2, 0.25) is 0 Å². The van der Waals surface area contributed by atoms with Crippen molar-refractivity contribution in [1.82, 2.24) is 10.4 Å². The molecule has 0 fully saturated rings. The van der Waals surface area contributed by atoms with Gasteiger partial charge in [-0.25, -0.2) is 10.4 Å². The molecule has 2 N–H and O–H groups in total. The summed E-state index contributed by atoms with van der Waals surface area (Å²) in [5.74, 6) is 0.446. The Hall–Kier alpha value is -3.45. The SMILES string of the molecule is COc1ccc2ccccc2c1/C=N\NC(=O)[C@H](C)Nc1nc2ccccc2s1. The second-order valence-corrected chi connectivity index (χ2v) is 7.52. The molecule has 0 aliphatic carbocycles. The van der Waals surface area contributed by atoms with Gasteiger partial charge in [-0.15, -0.1) is 0 Å². The molecular formula is C22H20N4O2S. The number of hydrazone groups is 1. The predicted octanol–water partition coefficient (Wildman–Crippen LogP) is 4.41. The second-order valence-electron chi connectivity index (χ2n) is 6.49. The zero-order valence-corrected chi connectivity index (χ0v) is 16.9. The van der Waals surface area contributed by atoms with Gasteiger partial charge in [0.25, 0.3) is 5.91 Å². The van der Waals surface area contributed by atoms with E-state index in [9.17, 15) is 4.79 Å². The van der Waals surface area contributed by atoms with Gasteiger partial charge in [0.1, 0.15) is 11.8 Å². The third-order valence-corrected chi connectivity index (χ3v) is 5.51. The Balaban J connectivity index is 1.46. The van der Waals surface area contributed by atoms with Crippen LogP contribution >= 0.6 is 11.3 Å². The minimum absolute atomic E-state index is 0.250. The van der Waals surface area contributed by atoms with Gasteiger partial charge in [0.05, 0.1) is 23.5 Å². The first-order valence-electron chi connectivity index (χ1n) is 9.16. The molecule has 4 aromatic rings. The lowest BCUT2D eigenvalue weighted by Gasteiger charge is -2.11. The molecular weight excluding hydrogens is 384 g/mol. The second kappa shape index (κ2) is 8.28. The Morgan fingerprint density at radius 2 is 1.93 bits per heavy atom. The molecule has 0 radical (unpaired) electrons. The molecule has 0 bridgehead atoms. The smallest absolute Gasteiger partial charge is 0.262 e. The maximum absolute atomic E-state index is 12.4. The van der Waals surface area contributed by atoms with Crippen molar-refractivity contribution < 1.29 is 9.53 Å². The van der Waals surface area contributed by atoms with Crippen molar-refractivity contribution in [3.8, 4) is 5.75 Å². The Morgan fingerprint density at radius 3 is 2.76 bits per heavy atom. The van der Waals surface area contributed by atoms with Crippen LogP contribution in [0.4, 0.5) is 5.13 Å². The number of amides is 1. The van der Waals surface area contributed by atoms with E-state index < -0.39 is 6.04 Å². The van der Waals surface area contributed by atoms with Crippen LogP contribution < -0.4 is 15.5 Å². The molecule has 1 aromatic heterocycles. The molecule has 0 saturated carbocycles. The lowest BCUT2D eigenvalue weighted by Crippen LogP contribution is -2.34. The largest absolute Gasteiger partial charge is 0.496 e. The van der Waals surface area contributed by atoms with Crippen LogP contribution in [-0.2, 0) is 4.79 Å². The lowest BCUT2D eigenvalue weighted by atomic mass is 10.0. The molecule has 1 atom stereocenters. The number of nitrogens with zero attached hydrogens (tertiary/aromatic N) is 2. The molecule has 0 unspecified atom stereocenters. The average molecular weight is 404 g/mol. The number of hydrogen-bond acceptors (Lipinski definition) is 6. The molecule has 4 rings (SSSR count).